The van der Waals surface area contributed by atoms with Crippen molar-refractivity contribution >= 4 is 51.4 Å². The molecule has 1 aliphatic rings. The lowest BCUT2D eigenvalue weighted by atomic mass is 10.1. The molecule has 4 nitrogen and oxygen atoms in total. The van der Waals surface area contributed by atoms with Crippen molar-refractivity contribution in [2.75, 3.05) is 0 Å². The van der Waals surface area contributed by atoms with Crippen LogP contribution in [0.5, 0.6) is 0 Å². The molecule has 1 aliphatic heterocycles. The van der Waals surface area contributed by atoms with E-state index in [9.17, 15) is 14.0 Å². The summed E-state index contributed by atoms with van der Waals surface area (Å²) in [6.45, 7) is 4.02. The molecule has 1 saturated heterocycles. The maximum atomic E-state index is 13.4. The zero-order chi connectivity index (χ0) is 24.0. The third-order valence-corrected chi connectivity index (χ3v) is 7.24. The highest BCUT2D eigenvalue weighted by Gasteiger charge is 2.35. The number of aromatic nitrogens is 1. The number of nitrogens with zero attached hydrogens (tertiary/aromatic N) is 2. The van der Waals surface area contributed by atoms with E-state index in [2.05, 4.69) is 28.8 Å². The van der Waals surface area contributed by atoms with Gasteiger partial charge in [0.15, 0.2) is 0 Å². The first-order valence-corrected chi connectivity index (χ1v) is 11.9. The van der Waals surface area contributed by atoms with Gasteiger partial charge in [-0.15, -0.1) is 0 Å². The molecule has 0 bridgehead atoms. The second-order valence-electron chi connectivity index (χ2n) is 8.16. The average Bonchev–Trinajstić information content (AvgIpc) is 3.24. The molecule has 0 atom stereocenters. The number of amides is 2. The number of carbonyl (C=O) groups excluding carboxylic acids is 2. The van der Waals surface area contributed by atoms with Crippen molar-refractivity contribution in [1.82, 2.24) is 9.47 Å². The quantitative estimate of drug-likeness (QED) is 0.282. The van der Waals surface area contributed by atoms with Gasteiger partial charge in [-0.1, -0.05) is 54.1 Å². The van der Waals surface area contributed by atoms with Crippen LogP contribution >= 0.6 is 23.4 Å². The highest BCUT2D eigenvalue weighted by Crippen LogP contribution is 2.36. The Balaban J connectivity index is 1.49. The smallest absolute Gasteiger partial charge is 0.293 e. The van der Waals surface area contributed by atoms with Gasteiger partial charge in [0.2, 0.25) is 0 Å². The number of aryl methyl sites for hydroxylation is 1. The Bertz CT molecular complexity index is 1500. The molecule has 7 heteroatoms. The zero-order valence-electron chi connectivity index (χ0n) is 18.5. The summed E-state index contributed by atoms with van der Waals surface area (Å²) < 4.78 is 15.5. The predicted molar refractivity (Wildman–Crippen MR) is 136 cm³/mol. The van der Waals surface area contributed by atoms with Crippen LogP contribution in [0.25, 0.3) is 22.5 Å². The number of hydrogen-bond donors (Lipinski definition) is 0. The van der Waals surface area contributed by atoms with Crippen LogP contribution in [-0.4, -0.2) is 20.6 Å². The molecule has 0 aliphatic carbocycles. The summed E-state index contributed by atoms with van der Waals surface area (Å²) >= 11 is 7.00. The fourth-order valence-electron chi connectivity index (χ4n) is 4.31. The predicted octanol–water partition coefficient (Wildman–Crippen LogP) is 7.28. The van der Waals surface area contributed by atoms with Gasteiger partial charge in [0.05, 0.1) is 17.1 Å². The van der Waals surface area contributed by atoms with Gasteiger partial charge in [0.1, 0.15) is 5.82 Å². The van der Waals surface area contributed by atoms with Gasteiger partial charge in [-0.3, -0.25) is 14.5 Å². The second-order valence-corrected chi connectivity index (χ2v) is 9.56. The fourth-order valence-corrected chi connectivity index (χ4v) is 5.36. The molecule has 1 fully saturated rings. The highest BCUT2D eigenvalue weighted by atomic mass is 35.5. The van der Waals surface area contributed by atoms with Gasteiger partial charge >= 0.3 is 0 Å². The summed E-state index contributed by atoms with van der Waals surface area (Å²) in [5.74, 6) is -0.852. The molecule has 0 radical (unpaired) electrons. The zero-order valence-corrected chi connectivity index (χ0v) is 20.1. The van der Waals surface area contributed by atoms with Gasteiger partial charge < -0.3 is 4.57 Å². The number of fused-ring (bicyclic) bond motifs is 1. The molecule has 3 aromatic carbocycles. The van der Waals surface area contributed by atoms with Crippen LogP contribution in [0.1, 0.15) is 22.5 Å². The Morgan fingerprint density at radius 3 is 2.56 bits per heavy atom. The number of imide groups is 1. The van der Waals surface area contributed by atoms with Gasteiger partial charge in [-0.25, -0.2) is 4.39 Å². The molecule has 1 aromatic heterocycles. The van der Waals surface area contributed by atoms with E-state index >= 15 is 0 Å². The molecule has 34 heavy (non-hydrogen) atoms. The number of thioether (sulfide) groups is 1. The average molecular weight is 491 g/mol. The van der Waals surface area contributed by atoms with Crippen molar-refractivity contribution in [3.05, 3.63) is 105 Å². The first-order chi connectivity index (χ1) is 16.3. The lowest BCUT2D eigenvalue weighted by molar-refractivity contribution is -0.123. The maximum Gasteiger partial charge on any atom is 0.293 e. The second kappa shape index (κ2) is 8.78. The third-order valence-electron chi connectivity index (χ3n) is 5.98. The van der Waals surface area contributed by atoms with Gasteiger partial charge in [0, 0.05) is 21.8 Å². The van der Waals surface area contributed by atoms with Crippen LogP contribution < -0.4 is 0 Å². The largest absolute Gasteiger partial charge is 0.317 e. The molecule has 2 amide bonds. The van der Waals surface area contributed by atoms with Crippen molar-refractivity contribution in [2.45, 2.75) is 20.4 Å². The van der Waals surface area contributed by atoms with Crippen molar-refractivity contribution in [3.63, 3.8) is 0 Å². The first kappa shape index (κ1) is 22.4. The standard InChI is InChI=1S/C27H20ClFN2O2S/c1-16-12-20(17(2)31(16)24-9-5-7-18-6-3-4-8-22(18)24)13-25-26(32)30(27(33)34-25)15-19-10-11-21(29)14-23(19)28/h3-14H,15H2,1-2H3/b25-13-. The van der Waals surface area contributed by atoms with Crippen molar-refractivity contribution in [2.24, 2.45) is 0 Å². The number of benzene rings is 3. The summed E-state index contributed by atoms with van der Waals surface area (Å²) in [5.41, 5.74) is 4.45. The van der Waals surface area contributed by atoms with Gasteiger partial charge in [-0.2, -0.15) is 0 Å². The molecule has 170 valence electrons. The maximum absolute atomic E-state index is 13.4. The van der Waals surface area contributed by atoms with E-state index in [1.165, 1.54) is 18.2 Å². The summed E-state index contributed by atoms with van der Waals surface area (Å²) in [4.78, 5) is 27.1. The monoisotopic (exact) mass is 490 g/mol. The highest BCUT2D eigenvalue weighted by molar-refractivity contribution is 8.18. The lowest BCUT2D eigenvalue weighted by Gasteiger charge is -2.13. The van der Waals surface area contributed by atoms with Gasteiger partial charge in [0.25, 0.3) is 11.1 Å². The van der Waals surface area contributed by atoms with E-state index in [-0.39, 0.29) is 22.7 Å². The number of halogens is 2. The number of carbonyl (C=O) groups is 2. The number of rotatable bonds is 4. The molecule has 0 saturated carbocycles. The van der Waals surface area contributed by atoms with Crippen molar-refractivity contribution in [3.8, 4) is 5.69 Å². The van der Waals surface area contributed by atoms with Crippen LogP contribution in [0.4, 0.5) is 9.18 Å². The summed E-state index contributed by atoms with van der Waals surface area (Å²) in [6.07, 6.45) is 1.77. The molecule has 0 spiro atoms. The molecular formula is C27H20ClFN2O2S. The summed E-state index contributed by atoms with van der Waals surface area (Å²) in [7, 11) is 0. The van der Waals surface area contributed by atoms with E-state index in [0.29, 0.717) is 10.5 Å². The molecule has 4 aromatic rings. The summed E-state index contributed by atoms with van der Waals surface area (Å²) in [6, 6.07) is 20.3. The Morgan fingerprint density at radius 2 is 1.76 bits per heavy atom. The van der Waals surface area contributed by atoms with Gasteiger partial charge in [-0.05, 0) is 72.5 Å². The fraction of sp³-hybridized carbons (Fsp3) is 0.111. The van der Waals surface area contributed by atoms with Crippen LogP contribution in [0, 0.1) is 19.7 Å². The molecular weight excluding hydrogens is 471 g/mol. The minimum Gasteiger partial charge on any atom is -0.317 e. The molecule has 0 N–H and O–H groups in total. The van der Waals surface area contributed by atoms with Crippen LogP contribution in [0.2, 0.25) is 5.02 Å². The topological polar surface area (TPSA) is 42.3 Å². The van der Waals surface area contributed by atoms with Crippen molar-refractivity contribution < 1.29 is 14.0 Å². The molecule has 0 unspecified atom stereocenters. The van der Waals surface area contributed by atoms with E-state index in [0.717, 1.165) is 50.1 Å². The summed E-state index contributed by atoms with van der Waals surface area (Å²) in [5, 5.41) is 2.09. The lowest BCUT2D eigenvalue weighted by Crippen LogP contribution is -2.27. The SMILES string of the molecule is Cc1cc(/C=C2\SC(=O)N(Cc3ccc(F)cc3Cl)C2=O)c(C)n1-c1cccc2ccccc12. The van der Waals surface area contributed by atoms with E-state index < -0.39 is 5.82 Å². The Kier molecular flexibility index (Phi) is 5.80. The molecule has 2 heterocycles. The van der Waals surface area contributed by atoms with E-state index in [1.54, 1.807) is 6.08 Å². The Morgan fingerprint density at radius 1 is 1.00 bits per heavy atom. The minimum atomic E-state index is -0.468. The normalized spacial score (nSPS) is 15.2. The number of hydrogen-bond acceptors (Lipinski definition) is 3. The minimum absolute atomic E-state index is 0.00382. The van der Waals surface area contributed by atoms with E-state index in [4.69, 9.17) is 11.6 Å². The Labute approximate surface area is 205 Å². The van der Waals surface area contributed by atoms with Crippen LogP contribution in [0.15, 0.2) is 71.6 Å². The Hall–Kier alpha value is -3.35. The van der Waals surface area contributed by atoms with Crippen LogP contribution in [0.3, 0.4) is 0 Å². The molecule has 5 rings (SSSR count). The third kappa shape index (κ3) is 3.93. The van der Waals surface area contributed by atoms with Crippen LogP contribution in [-0.2, 0) is 11.3 Å². The van der Waals surface area contributed by atoms with E-state index in [1.807, 2.05) is 38.1 Å². The van der Waals surface area contributed by atoms with Crippen molar-refractivity contribution in [1.29, 1.82) is 0 Å². The first-order valence-electron chi connectivity index (χ1n) is 10.7.